The van der Waals surface area contributed by atoms with Crippen molar-refractivity contribution in [1.82, 2.24) is 0 Å². The zero-order valence-electron chi connectivity index (χ0n) is 17.9. The zero-order chi connectivity index (χ0) is 20.0. The molecule has 29 heavy (non-hydrogen) atoms. The van der Waals surface area contributed by atoms with Crippen LogP contribution in [0.3, 0.4) is 0 Å². The Labute approximate surface area is 197 Å². The predicted molar refractivity (Wildman–Crippen MR) is 124 cm³/mol. The first-order valence-corrected chi connectivity index (χ1v) is 10.7. The van der Waals surface area contributed by atoms with E-state index >= 15 is 0 Å². The SMILES string of the molecule is C=C.CCCCCCCC[c-]1cccc1.[Hf].[c-]1cccc2c1Cc1ccccc1-2. The van der Waals surface area contributed by atoms with E-state index in [0.717, 1.165) is 6.42 Å². The normalized spacial score (nSPS) is 10.4. The molecule has 0 aromatic heterocycles. The van der Waals surface area contributed by atoms with Crippen LogP contribution in [-0.2, 0) is 38.7 Å². The van der Waals surface area contributed by atoms with Gasteiger partial charge in [-0.2, -0.15) is 47.5 Å². The fourth-order valence-corrected chi connectivity index (χ4v) is 3.69. The van der Waals surface area contributed by atoms with E-state index < -0.39 is 0 Å². The van der Waals surface area contributed by atoms with E-state index in [1.54, 1.807) is 0 Å². The van der Waals surface area contributed by atoms with Gasteiger partial charge in [-0.1, -0.05) is 87.3 Å². The third kappa shape index (κ3) is 8.34. The van der Waals surface area contributed by atoms with Crippen molar-refractivity contribution in [2.45, 2.75) is 58.3 Å². The largest absolute Gasteiger partial charge is 0.213 e. The van der Waals surface area contributed by atoms with Gasteiger partial charge in [0.2, 0.25) is 0 Å². The maximum absolute atomic E-state index is 3.30. The molecule has 3 aromatic rings. The summed E-state index contributed by atoms with van der Waals surface area (Å²) in [5.41, 5.74) is 7.02. The molecule has 1 heteroatoms. The van der Waals surface area contributed by atoms with Crippen molar-refractivity contribution >= 4 is 0 Å². The van der Waals surface area contributed by atoms with E-state index in [2.05, 4.69) is 86.8 Å². The summed E-state index contributed by atoms with van der Waals surface area (Å²) in [6.45, 7) is 8.27. The van der Waals surface area contributed by atoms with Gasteiger partial charge in [0.15, 0.2) is 0 Å². The molecule has 0 unspecified atom stereocenters. The van der Waals surface area contributed by atoms with Crippen molar-refractivity contribution in [2.75, 3.05) is 0 Å². The molecule has 1 aliphatic rings. The van der Waals surface area contributed by atoms with Crippen molar-refractivity contribution in [3.05, 3.63) is 103 Å². The van der Waals surface area contributed by atoms with E-state index in [1.165, 1.54) is 72.8 Å². The van der Waals surface area contributed by atoms with Crippen LogP contribution in [-0.4, -0.2) is 0 Å². The Balaban J connectivity index is 0.000000259. The first-order valence-electron chi connectivity index (χ1n) is 10.7. The molecule has 0 saturated heterocycles. The average molecular weight is 549 g/mol. The summed E-state index contributed by atoms with van der Waals surface area (Å²) in [5, 5.41) is 0. The average Bonchev–Trinajstić information content (AvgIpc) is 3.40. The van der Waals surface area contributed by atoms with Crippen LogP contribution < -0.4 is 0 Å². The molecule has 0 N–H and O–H groups in total. The Morgan fingerprint density at radius 2 is 1.48 bits per heavy atom. The van der Waals surface area contributed by atoms with Gasteiger partial charge in [-0.15, -0.1) is 18.7 Å². The van der Waals surface area contributed by atoms with E-state index in [4.69, 9.17) is 0 Å². The molecule has 0 spiro atoms. The maximum Gasteiger partial charge on any atom is 0 e. The van der Waals surface area contributed by atoms with Crippen LogP contribution in [0.15, 0.2) is 79.9 Å². The number of rotatable bonds is 7. The molecule has 0 atom stereocenters. The standard InChI is InChI=1S/C13H9.C13H21.C2H4.Hf/c1-3-7-12-10(5-1)9-11-6-2-4-8-13(11)12;1-2-3-4-5-6-7-10-13-11-8-9-12-13;1-2;/h1-5,7-8H,9H2;8-9,11-12H,2-7,10H2,1H3;1-2H2;/q2*-1;;. The summed E-state index contributed by atoms with van der Waals surface area (Å²) in [6, 6.07) is 26.8. The Morgan fingerprint density at radius 1 is 0.828 bits per heavy atom. The minimum absolute atomic E-state index is 0. The Kier molecular flexibility index (Phi) is 13.4. The number of benzene rings is 2. The smallest absolute Gasteiger partial charge is 0 e. The van der Waals surface area contributed by atoms with Crippen LogP contribution in [0, 0.1) is 6.07 Å². The van der Waals surface area contributed by atoms with Crippen LogP contribution in [0.5, 0.6) is 0 Å². The molecule has 0 saturated carbocycles. The van der Waals surface area contributed by atoms with Crippen molar-refractivity contribution in [1.29, 1.82) is 0 Å². The number of fused-ring (bicyclic) bond motifs is 3. The maximum atomic E-state index is 3.30. The molecule has 1 aliphatic carbocycles. The van der Waals surface area contributed by atoms with E-state index in [-0.39, 0.29) is 25.8 Å². The molecule has 0 aliphatic heterocycles. The van der Waals surface area contributed by atoms with Gasteiger partial charge in [-0.05, 0) is 6.42 Å². The van der Waals surface area contributed by atoms with E-state index in [0.29, 0.717) is 0 Å². The van der Waals surface area contributed by atoms with E-state index in [9.17, 15) is 0 Å². The van der Waals surface area contributed by atoms with Crippen LogP contribution in [0.2, 0.25) is 0 Å². The Bertz CT molecular complexity index is 742. The minimum Gasteiger partial charge on any atom is -0.213 e. The summed E-state index contributed by atoms with van der Waals surface area (Å²) in [4.78, 5) is 0. The predicted octanol–water partition coefficient (Wildman–Crippen LogP) is 8.17. The zero-order valence-corrected chi connectivity index (χ0v) is 21.5. The molecular weight excluding hydrogens is 515 g/mol. The van der Waals surface area contributed by atoms with Gasteiger partial charge >= 0.3 is 0 Å². The molecule has 4 rings (SSSR count). The molecule has 0 heterocycles. The topological polar surface area (TPSA) is 0 Å². The van der Waals surface area contributed by atoms with E-state index in [1.807, 2.05) is 6.07 Å². The van der Waals surface area contributed by atoms with Crippen molar-refractivity contribution in [3.63, 3.8) is 0 Å². The molecule has 0 bridgehead atoms. The van der Waals surface area contributed by atoms with Crippen molar-refractivity contribution in [2.24, 2.45) is 0 Å². The van der Waals surface area contributed by atoms with Crippen LogP contribution in [0.1, 0.15) is 62.1 Å². The van der Waals surface area contributed by atoms with Gasteiger partial charge in [0.05, 0.1) is 0 Å². The summed E-state index contributed by atoms with van der Waals surface area (Å²) in [7, 11) is 0. The molecule has 152 valence electrons. The quantitative estimate of drug-likeness (QED) is 0.0945. The van der Waals surface area contributed by atoms with Crippen LogP contribution in [0.4, 0.5) is 0 Å². The molecule has 0 radical (unpaired) electrons. The van der Waals surface area contributed by atoms with Gasteiger partial charge in [0.25, 0.3) is 0 Å². The van der Waals surface area contributed by atoms with Gasteiger partial charge in [0, 0.05) is 25.8 Å². The second kappa shape index (κ2) is 15.3. The molecule has 0 amide bonds. The summed E-state index contributed by atoms with van der Waals surface area (Å²) in [6.07, 6.45) is 10.7. The first-order chi connectivity index (χ1) is 13.9. The summed E-state index contributed by atoms with van der Waals surface area (Å²) >= 11 is 0. The summed E-state index contributed by atoms with van der Waals surface area (Å²) in [5.74, 6) is 0. The van der Waals surface area contributed by atoms with Crippen molar-refractivity contribution in [3.8, 4) is 11.1 Å². The molecule has 3 aromatic carbocycles. The van der Waals surface area contributed by atoms with Crippen LogP contribution >= 0.6 is 0 Å². The molecular formula is C28H34Hf-2. The van der Waals surface area contributed by atoms with Gasteiger partial charge in [0.1, 0.15) is 0 Å². The number of hydrogen-bond donors (Lipinski definition) is 0. The van der Waals surface area contributed by atoms with Gasteiger partial charge in [-0.25, -0.2) is 12.1 Å². The number of hydrogen-bond acceptors (Lipinski definition) is 0. The number of unbranched alkanes of at least 4 members (excludes halogenated alkanes) is 5. The second-order valence-electron chi connectivity index (χ2n) is 7.21. The first kappa shape index (κ1) is 25.4. The fraction of sp³-hybridized carbons (Fsp3) is 0.321. The molecule has 0 nitrogen and oxygen atoms in total. The number of aryl methyl sites for hydroxylation is 1. The summed E-state index contributed by atoms with van der Waals surface area (Å²) < 4.78 is 0. The fourth-order valence-electron chi connectivity index (χ4n) is 3.69. The van der Waals surface area contributed by atoms with Crippen LogP contribution in [0.25, 0.3) is 11.1 Å². The third-order valence-electron chi connectivity index (χ3n) is 5.17. The third-order valence-corrected chi connectivity index (χ3v) is 5.17. The minimum atomic E-state index is 0. The molecule has 0 fully saturated rings. The van der Waals surface area contributed by atoms with Gasteiger partial charge < -0.3 is 0 Å². The van der Waals surface area contributed by atoms with Gasteiger partial charge in [-0.3, -0.25) is 0 Å². The Hall–Kier alpha value is -1.60. The monoisotopic (exact) mass is 550 g/mol. The Morgan fingerprint density at radius 3 is 2.24 bits per heavy atom. The second-order valence-corrected chi connectivity index (χ2v) is 7.21. The van der Waals surface area contributed by atoms with Crippen molar-refractivity contribution < 1.29 is 25.8 Å².